The number of methoxy groups -OCH3 is 2. The Morgan fingerprint density at radius 1 is 1.14 bits per heavy atom. The Morgan fingerprint density at radius 2 is 1.76 bits per heavy atom. The molecule has 1 aliphatic rings. The first kappa shape index (κ1) is 22.3. The number of nitrogens with one attached hydrogen (secondary N) is 1. The predicted molar refractivity (Wildman–Crippen MR) is 103 cm³/mol. The van der Waals surface area contributed by atoms with E-state index in [0.29, 0.717) is 12.0 Å². The van der Waals surface area contributed by atoms with Crippen LogP contribution in [0.1, 0.15) is 50.0 Å². The fourth-order valence-electron chi connectivity index (χ4n) is 3.69. The van der Waals surface area contributed by atoms with Crippen molar-refractivity contribution in [1.82, 2.24) is 5.32 Å². The Hall–Kier alpha value is -2.97. The number of hydrogen-bond donors (Lipinski definition) is 1. The molecule has 0 aromatic heterocycles. The van der Waals surface area contributed by atoms with Gasteiger partial charge in [0.15, 0.2) is 0 Å². The molecule has 0 unspecified atom stereocenters. The van der Waals surface area contributed by atoms with Crippen molar-refractivity contribution in [3.63, 3.8) is 0 Å². The first-order chi connectivity index (χ1) is 13.8. The van der Waals surface area contributed by atoms with Crippen LogP contribution in [0.5, 0.6) is 0 Å². The second-order valence-corrected chi connectivity index (χ2v) is 7.16. The zero-order valence-corrected chi connectivity index (χ0v) is 16.6. The molecule has 0 saturated heterocycles. The fourth-order valence-corrected chi connectivity index (χ4v) is 3.69. The number of esters is 2. The third-order valence-corrected chi connectivity index (χ3v) is 5.27. The summed E-state index contributed by atoms with van der Waals surface area (Å²) >= 11 is 0. The van der Waals surface area contributed by atoms with Gasteiger partial charge in [0, 0.05) is 24.5 Å². The van der Waals surface area contributed by atoms with Crippen LogP contribution < -0.4 is 5.32 Å². The molecular formula is C20H26N2O7. The van der Waals surface area contributed by atoms with Gasteiger partial charge in [-0.3, -0.25) is 19.7 Å². The summed E-state index contributed by atoms with van der Waals surface area (Å²) in [6.07, 6.45) is 4.24. The van der Waals surface area contributed by atoms with E-state index in [4.69, 9.17) is 9.47 Å². The number of benzene rings is 1. The molecule has 1 aliphatic carbocycles. The SMILES string of the molecule is COC(=O)C[C@H](c1ccc([N+](=O)[O-])cc1)[C@H](NC(=O)CC1CCCC1)C(=O)OC. The van der Waals surface area contributed by atoms with Crippen LogP contribution in [0.3, 0.4) is 0 Å². The number of amides is 1. The molecule has 0 radical (unpaired) electrons. The molecule has 0 aliphatic heterocycles. The molecule has 9 heteroatoms. The van der Waals surface area contributed by atoms with Gasteiger partial charge in [-0.15, -0.1) is 0 Å². The number of nitro benzene ring substituents is 1. The Kier molecular flexibility index (Phi) is 8.11. The van der Waals surface area contributed by atoms with Crippen LogP contribution in [-0.2, 0) is 23.9 Å². The molecule has 0 spiro atoms. The monoisotopic (exact) mass is 406 g/mol. The number of ether oxygens (including phenoxy) is 2. The minimum atomic E-state index is -1.12. The molecule has 1 amide bonds. The number of hydrogen-bond acceptors (Lipinski definition) is 7. The molecule has 0 heterocycles. The van der Waals surface area contributed by atoms with E-state index in [0.717, 1.165) is 25.7 Å². The van der Waals surface area contributed by atoms with Gasteiger partial charge in [-0.05, 0) is 24.3 Å². The maximum atomic E-state index is 12.5. The lowest BCUT2D eigenvalue weighted by Gasteiger charge is -2.26. The molecule has 9 nitrogen and oxygen atoms in total. The Bertz CT molecular complexity index is 742. The van der Waals surface area contributed by atoms with Crippen molar-refractivity contribution >= 4 is 23.5 Å². The van der Waals surface area contributed by atoms with Crippen molar-refractivity contribution in [1.29, 1.82) is 0 Å². The van der Waals surface area contributed by atoms with E-state index in [1.54, 1.807) is 0 Å². The summed E-state index contributed by atoms with van der Waals surface area (Å²) in [6, 6.07) is 4.38. The average molecular weight is 406 g/mol. The van der Waals surface area contributed by atoms with Crippen molar-refractivity contribution in [3.8, 4) is 0 Å². The number of carbonyl (C=O) groups is 3. The topological polar surface area (TPSA) is 125 Å². The lowest BCUT2D eigenvalue weighted by atomic mass is 9.87. The highest BCUT2D eigenvalue weighted by Gasteiger charge is 2.34. The van der Waals surface area contributed by atoms with Gasteiger partial charge in [-0.1, -0.05) is 25.0 Å². The molecule has 1 fully saturated rings. The summed E-state index contributed by atoms with van der Waals surface area (Å²) in [7, 11) is 2.42. The smallest absolute Gasteiger partial charge is 0.329 e. The van der Waals surface area contributed by atoms with E-state index in [-0.39, 0.29) is 23.9 Å². The third-order valence-electron chi connectivity index (χ3n) is 5.27. The van der Waals surface area contributed by atoms with Crippen LogP contribution in [0.25, 0.3) is 0 Å². The number of carbonyl (C=O) groups excluding carboxylic acids is 3. The molecule has 1 aromatic carbocycles. The van der Waals surface area contributed by atoms with Crippen LogP contribution in [0.2, 0.25) is 0 Å². The summed E-state index contributed by atoms with van der Waals surface area (Å²) in [5, 5.41) is 13.6. The molecule has 2 atom stereocenters. The van der Waals surface area contributed by atoms with Crippen LogP contribution in [-0.4, -0.2) is 43.0 Å². The molecule has 1 aromatic rings. The summed E-state index contributed by atoms with van der Waals surface area (Å²) < 4.78 is 9.58. The third kappa shape index (κ3) is 6.27. The van der Waals surface area contributed by atoms with Crippen LogP contribution in [0.15, 0.2) is 24.3 Å². The zero-order valence-electron chi connectivity index (χ0n) is 16.6. The largest absolute Gasteiger partial charge is 0.469 e. The van der Waals surface area contributed by atoms with E-state index >= 15 is 0 Å². The van der Waals surface area contributed by atoms with E-state index in [2.05, 4.69) is 5.32 Å². The van der Waals surface area contributed by atoms with E-state index < -0.39 is 28.8 Å². The molecule has 1 saturated carbocycles. The van der Waals surface area contributed by atoms with Crippen LogP contribution >= 0.6 is 0 Å². The number of nitro groups is 1. The molecule has 158 valence electrons. The summed E-state index contributed by atoms with van der Waals surface area (Å²) in [5.74, 6) is -2.07. The van der Waals surface area contributed by atoms with Gasteiger partial charge in [0.25, 0.3) is 5.69 Å². The summed E-state index contributed by atoms with van der Waals surface area (Å²) in [5.41, 5.74) is 0.364. The van der Waals surface area contributed by atoms with E-state index in [1.165, 1.54) is 38.5 Å². The van der Waals surface area contributed by atoms with Gasteiger partial charge in [-0.25, -0.2) is 4.79 Å². The maximum Gasteiger partial charge on any atom is 0.329 e. The first-order valence-corrected chi connectivity index (χ1v) is 9.54. The number of non-ortho nitro benzene ring substituents is 1. The van der Waals surface area contributed by atoms with Gasteiger partial charge < -0.3 is 14.8 Å². The van der Waals surface area contributed by atoms with Gasteiger partial charge >= 0.3 is 11.9 Å². The lowest BCUT2D eigenvalue weighted by molar-refractivity contribution is -0.384. The van der Waals surface area contributed by atoms with Gasteiger partial charge in [0.1, 0.15) is 6.04 Å². The molecule has 2 rings (SSSR count). The minimum absolute atomic E-state index is 0.120. The van der Waals surface area contributed by atoms with Gasteiger partial charge in [-0.2, -0.15) is 0 Å². The number of nitrogens with zero attached hydrogens (tertiary/aromatic N) is 1. The second kappa shape index (κ2) is 10.5. The standard InChI is InChI=1S/C20H26N2O7/c1-28-18(24)12-16(14-7-9-15(10-8-14)22(26)27)19(20(25)29-2)21-17(23)11-13-5-3-4-6-13/h7-10,13,16,19H,3-6,11-12H2,1-2H3,(H,21,23)/t16-,19+/m1/s1. The highest BCUT2D eigenvalue weighted by molar-refractivity contribution is 5.86. The van der Waals surface area contributed by atoms with Crippen LogP contribution in [0.4, 0.5) is 5.69 Å². The quantitative estimate of drug-likeness (QED) is 0.379. The summed E-state index contributed by atoms with van der Waals surface area (Å²) in [6.45, 7) is 0. The van der Waals surface area contributed by atoms with Gasteiger partial charge in [0.05, 0.1) is 25.6 Å². The average Bonchev–Trinajstić information content (AvgIpc) is 3.22. The highest BCUT2D eigenvalue weighted by Crippen LogP contribution is 2.29. The van der Waals surface area contributed by atoms with Crippen LogP contribution in [0, 0.1) is 16.0 Å². The molecule has 29 heavy (non-hydrogen) atoms. The highest BCUT2D eigenvalue weighted by atomic mass is 16.6. The second-order valence-electron chi connectivity index (χ2n) is 7.16. The lowest BCUT2D eigenvalue weighted by Crippen LogP contribution is -2.46. The van der Waals surface area contributed by atoms with Gasteiger partial charge in [0.2, 0.25) is 5.91 Å². The fraction of sp³-hybridized carbons (Fsp3) is 0.550. The van der Waals surface area contributed by atoms with Crippen molar-refractivity contribution < 1.29 is 28.8 Å². The molecule has 1 N–H and O–H groups in total. The van der Waals surface area contributed by atoms with Crippen molar-refractivity contribution in [2.45, 2.75) is 50.5 Å². The predicted octanol–water partition coefficient (Wildman–Crippen LogP) is 2.48. The van der Waals surface area contributed by atoms with Crippen molar-refractivity contribution in [3.05, 3.63) is 39.9 Å². The Balaban J connectivity index is 2.27. The maximum absolute atomic E-state index is 12.5. The normalized spacial score (nSPS) is 15.9. The van der Waals surface area contributed by atoms with Crippen molar-refractivity contribution in [2.24, 2.45) is 5.92 Å². The minimum Gasteiger partial charge on any atom is -0.469 e. The number of rotatable bonds is 9. The first-order valence-electron chi connectivity index (χ1n) is 9.54. The zero-order chi connectivity index (χ0) is 21.4. The Labute approximate surface area is 168 Å². The molecule has 0 bridgehead atoms. The Morgan fingerprint density at radius 3 is 2.28 bits per heavy atom. The van der Waals surface area contributed by atoms with E-state index in [9.17, 15) is 24.5 Å². The summed E-state index contributed by atoms with van der Waals surface area (Å²) in [4.78, 5) is 47.3. The van der Waals surface area contributed by atoms with E-state index in [1.807, 2.05) is 0 Å². The molecular weight excluding hydrogens is 380 g/mol. The van der Waals surface area contributed by atoms with Crippen molar-refractivity contribution in [2.75, 3.05) is 14.2 Å².